The van der Waals surface area contributed by atoms with Crippen LogP contribution in [0.3, 0.4) is 0 Å². The molecule has 1 amide bonds. The summed E-state index contributed by atoms with van der Waals surface area (Å²) >= 11 is 0. The first-order valence-corrected chi connectivity index (χ1v) is 11.3. The van der Waals surface area contributed by atoms with Crippen LogP contribution in [0, 0.1) is 18.7 Å². The highest BCUT2D eigenvalue weighted by Crippen LogP contribution is 2.36. The minimum atomic E-state index is -0.514. The Hall–Kier alpha value is -4.00. The molecule has 0 saturated carbocycles. The average molecular weight is 477 g/mol. The van der Waals surface area contributed by atoms with Crippen molar-refractivity contribution in [2.75, 3.05) is 5.32 Å². The van der Waals surface area contributed by atoms with E-state index in [4.69, 9.17) is 4.74 Å². The van der Waals surface area contributed by atoms with E-state index in [0.717, 1.165) is 11.6 Å². The SMILES string of the molecule is C=CC(=O)Nc1ccc(Oc2ccc(C)cc2F)c(-c2cc(CC(=O)CC(C)C)c(=O)n(C)c2)c1. The number of carbonyl (C=O) groups is 2. The van der Waals surface area contributed by atoms with Crippen molar-refractivity contribution < 1.29 is 18.7 Å². The fraction of sp³-hybridized carbons (Fsp3) is 0.250. The molecule has 0 aliphatic heterocycles. The minimum Gasteiger partial charge on any atom is -0.454 e. The normalized spacial score (nSPS) is 10.8. The van der Waals surface area contributed by atoms with Crippen LogP contribution in [0.2, 0.25) is 0 Å². The lowest BCUT2D eigenvalue weighted by Gasteiger charge is -2.16. The van der Waals surface area contributed by atoms with Gasteiger partial charge < -0.3 is 14.6 Å². The fourth-order valence-electron chi connectivity index (χ4n) is 3.72. The van der Waals surface area contributed by atoms with E-state index in [2.05, 4.69) is 11.9 Å². The highest BCUT2D eigenvalue weighted by Gasteiger charge is 2.17. The number of ketones is 1. The van der Waals surface area contributed by atoms with Gasteiger partial charge in [-0.25, -0.2) is 4.39 Å². The van der Waals surface area contributed by atoms with E-state index in [1.54, 1.807) is 56.6 Å². The van der Waals surface area contributed by atoms with Crippen LogP contribution >= 0.6 is 0 Å². The molecule has 0 radical (unpaired) electrons. The Morgan fingerprint density at radius 3 is 2.51 bits per heavy atom. The Labute approximate surface area is 204 Å². The summed E-state index contributed by atoms with van der Waals surface area (Å²) in [6.07, 6.45) is 3.15. The van der Waals surface area contributed by atoms with Crippen molar-refractivity contribution in [1.29, 1.82) is 0 Å². The number of rotatable bonds is 9. The van der Waals surface area contributed by atoms with E-state index in [9.17, 15) is 18.8 Å². The van der Waals surface area contributed by atoms with Gasteiger partial charge in [-0.1, -0.05) is 26.5 Å². The fourth-order valence-corrected chi connectivity index (χ4v) is 3.72. The van der Waals surface area contributed by atoms with Gasteiger partial charge in [0.15, 0.2) is 11.6 Å². The molecule has 0 saturated heterocycles. The minimum absolute atomic E-state index is 0.00830. The molecule has 1 aromatic heterocycles. The third-order valence-corrected chi connectivity index (χ3v) is 5.33. The Balaban J connectivity index is 2.11. The number of nitrogens with zero attached hydrogens (tertiary/aromatic N) is 1. The lowest BCUT2D eigenvalue weighted by Crippen LogP contribution is -2.23. The number of halogens is 1. The number of hydrogen-bond donors (Lipinski definition) is 1. The molecule has 0 bridgehead atoms. The van der Waals surface area contributed by atoms with Crippen LogP contribution in [0.4, 0.5) is 10.1 Å². The van der Waals surface area contributed by atoms with Crippen molar-refractivity contribution in [2.24, 2.45) is 13.0 Å². The summed E-state index contributed by atoms with van der Waals surface area (Å²) in [5.74, 6) is -0.391. The Morgan fingerprint density at radius 2 is 1.86 bits per heavy atom. The molecule has 0 fully saturated rings. The van der Waals surface area contributed by atoms with Crippen molar-refractivity contribution in [3.8, 4) is 22.6 Å². The number of benzene rings is 2. The van der Waals surface area contributed by atoms with Crippen LogP contribution in [-0.2, 0) is 23.1 Å². The number of aromatic nitrogens is 1. The van der Waals surface area contributed by atoms with Crippen molar-refractivity contribution in [1.82, 2.24) is 4.57 Å². The summed E-state index contributed by atoms with van der Waals surface area (Å²) in [6, 6.07) is 11.2. The monoisotopic (exact) mass is 476 g/mol. The maximum absolute atomic E-state index is 14.5. The first-order valence-electron chi connectivity index (χ1n) is 11.3. The standard InChI is InChI=1S/C28H29FN2O4/c1-6-27(33)30-21-8-10-25(35-26-9-7-18(4)12-24(26)29)23(15-21)20-13-19(28(34)31(5)16-20)14-22(32)11-17(2)3/h6-10,12-13,15-17H,1,11,14H2,2-5H3,(H,30,33). The third kappa shape index (κ3) is 6.53. The smallest absolute Gasteiger partial charge is 0.253 e. The maximum atomic E-state index is 14.5. The van der Waals surface area contributed by atoms with E-state index in [0.29, 0.717) is 34.5 Å². The number of anilines is 1. The molecule has 0 unspecified atom stereocenters. The van der Waals surface area contributed by atoms with Crippen molar-refractivity contribution >= 4 is 17.4 Å². The first kappa shape index (κ1) is 25.6. The number of ether oxygens (including phenoxy) is 1. The quantitative estimate of drug-likeness (QED) is 0.410. The number of aryl methyl sites for hydroxylation is 2. The number of hydrogen-bond acceptors (Lipinski definition) is 4. The second-order valence-corrected chi connectivity index (χ2v) is 8.92. The lowest BCUT2D eigenvalue weighted by molar-refractivity contribution is -0.119. The summed E-state index contributed by atoms with van der Waals surface area (Å²) < 4.78 is 21.8. The molecule has 182 valence electrons. The zero-order chi connectivity index (χ0) is 25.7. The summed E-state index contributed by atoms with van der Waals surface area (Å²) in [5, 5.41) is 2.70. The van der Waals surface area contributed by atoms with Crippen LogP contribution in [0.5, 0.6) is 11.5 Å². The summed E-state index contributed by atoms with van der Waals surface area (Å²) in [7, 11) is 1.60. The second-order valence-electron chi connectivity index (χ2n) is 8.92. The van der Waals surface area contributed by atoms with Gasteiger partial charge in [-0.3, -0.25) is 14.4 Å². The van der Waals surface area contributed by atoms with Gasteiger partial charge in [0.25, 0.3) is 5.56 Å². The summed E-state index contributed by atoms with van der Waals surface area (Å²) in [5.41, 5.74) is 2.40. The van der Waals surface area contributed by atoms with E-state index in [-0.39, 0.29) is 29.4 Å². The van der Waals surface area contributed by atoms with E-state index in [1.807, 2.05) is 13.8 Å². The van der Waals surface area contributed by atoms with Gasteiger partial charge in [0.1, 0.15) is 11.5 Å². The first-order chi connectivity index (χ1) is 16.6. The predicted octanol–water partition coefficient (Wildman–Crippen LogP) is 5.57. The van der Waals surface area contributed by atoms with Gasteiger partial charge in [0.05, 0.1) is 0 Å². The number of amides is 1. The van der Waals surface area contributed by atoms with Crippen LogP contribution in [-0.4, -0.2) is 16.3 Å². The van der Waals surface area contributed by atoms with Crippen molar-refractivity contribution in [2.45, 2.75) is 33.6 Å². The Morgan fingerprint density at radius 1 is 1.14 bits per heavy atom. The Kier molecular flexibility index (Phi) is 8.02. The maximum Gasteiger partial charge on any atom is 0.253 e. The largest absolute Gasteiger partial charge is 0.454 e. The number of carbonyl (C=O) groups excluding carboxylic acids is 2. The van der Waals surface area contributed by atoms with Gasteiger partial charge in [0.2, 0.25) is 5.91 Å². The van der Waals surface area contributed by atoms with Crippen LogP contribution in [0.1, 0.15) is 31.4 Å². The molecule has 0 aliphatic carbocycles. The molecule has 35 heavy (non-hydrogen) atoms. The second kappa shape index (κ2) is 11.0. The number of Topliss-reactive ketones (excluding diaryl/α,β-unsaturated/α-hetero) is 1. The molecule has 6 nitrogen and oxygen atoms in total. The highest BCUT2D eigenvalue weighted by molar-refractivity contribution is 5.99. The van der Waals surface area contributed by atoms with E-state index >= 15 is 0 Å². The van der Waals surface area contributed by atoms with E-state index < -0.39 is 11.7 Å². The highest BCUT2D eigenvalue weighted by atomic mass is 19.1. The lowest BCUT2D eigenvalue weighted by atomic mass is 9.98. The summed E-state index contributed by atoms with van der Waals surface area (Å²) in [4.78, 5) is 37.0. The zero-order valence-electron chi connectivity index (χ0n) is 20.4. The zero-order valence-corrected chi connectivity index (χ0v) is 20.4. The number of pyridine rings is 1. The average Bonchev–Trinajstić information content (AvgIpc) is 2.78. The van der Waals surface area contributed by atoms with Crippen LogP contribution in [0.25, 0.3) is 11.1 Å². The van der Waals surface area contributed by atoms with Crippen LogP contribution < -0.4 is 15.6 Å². The molecule has 0 spiro atoms. The predicted molar refractivity (Wildman–Crippen MR) is 135 cm³/mol. The molecule has 1 heterocycles. The molecule has 2 aromatic carbocycles. The van der Waals surface area contributed by atoms with Gasteiger partial charge in [-0.05, 0) is 60.9 Å². The molecular weight excluding hydrogens is 447 g/mol. The molecule has 3 rings (SSSR count). The van der Waals surface area contributed by atoms with E-state index in [1.165, 1.54) is 10.6 Å². The summed E-state index contributed by atoms with van der Waals surface area (Å²) in [6.45, 7) is 9.14. The van der Waals surface area contributed by atoms with Gasteiger partial charge in [-0.15, -0.1) is 0 Å². The number of nitrogens with one attached hydrogen (secondary N) is 1. The molecule has 7 heteroatoms. The molecule has 0 atom stereocenters. The molecule has 1 N–H and O–H groups in total. The van der Waals surface area contributed by atoms with Gasteiger partial charge in [-0.2, -0.15) is 0 Å². The molecule has 3 aromatic rings. The Bertz CT molecular complexity index is 1340. The van der Waals surface area contributed by atoms with Gasteiger partial charge in [0, 0.05) is 48.5 Å². The third-order valence-electron chi connectivity index (χ3n) is 5.33. The van der Waals surface area contributed by atoms with Crippen molar-refractivity contribution in [3.63, 3.8) is 0 Å². The topological polar surface area (TPSA) is 77.4 Å². The van der Waals surface area contributed by atoms with Crippen molar-refractivity contribution in [3.05, 3.63) is 88.6 Å². The van der Waals surface area contributed by atoms with Crippen LogP contribution in [0.15, 0.2) is 66.1 Å². The van der Waals surface area contributed by atoms with Gasteiger partial charge >= 0.3 is 0 Å². The molecular formula is C28H29FN2O4. The molecule has 0 aliphatic rings.